The molecule has 172 valence electrons. The van der Waals surface area contributed by atoms with E-state index in [2.05, 4.69) is 0 Å². The monoisotopic (exact) mass is 462 g/mol. The van der Waals surface area contributed by atoms with E-state index < -0.39 is 26.3 Å². The molecule has 0 aliphatic heterocycles. The number of hydrogen-bond acceptors (Lipinski definition) is 5. The van der Waals surface area contributed by atoms with Gasteiger partial charge in [-0.05, 0) is 62.0 Å². The van der Waals surface area contributed by atoms with Gasteiger partial charge < -0.3 is 5.11 Å². The quantitative estimate of drug-likeness (QED) is 0.338. The van der Waals surface area contributed by atoms with E-state index in [0.717, 1.165) is 30.4 Å². The Hall–Kier alpha value is -1.00. The van der Waals surface area contributed by atoms with Crippen molar-refractivity contribution >= 4 is 20.2 Å². The lowest BCUT2D eigenvalue weighted by Gasteiger charge is -2.42. The molecule has 1 fully saturated rings. The molecule has 3 N–H and O–H groups in total. The molecule has 1 aromatic carbocycles. The third-order valence-corrected chi connectivity index (χ3v) is 7.89. The van der Waals surface area contributed by atoms with Crippen molar-refractivity contribution in [3.8, 4) is 0 Å². The van der Waals surface area contributed by atoms with Gasteiger partial charge in [0, 0.05) is 5.92 Å². The zero-order valence-electron chi connectivity index (χ0n) is 17.5. The summed E-state index contributed by atoms with van der Waals surface area (Å²) in [5.41, 5.74) is 2.21. The van der Waals surface area contributed by atoms with Crippen LogP contribution >= 0.6 is 0 Å². The van der Waals surface area contributed by atoms with Gasteiger partial charge in [0.15, 0.2) is 0 Å². The van der Waals surface area contributed by atoms with Crippen molar-refractivity contribution < 1.29 is 31.0 Å². The van der Waals surface area contributed by atoms with Crippen molar-refractivity contribution in [3.05, 3.63) is 35.4 Å². The van der Waals surface area contributed by atoms with E-state index in [1.54, 1.807) is 0 Å². The van der Waals surface area contributed by atoms with E-state index >= 15 is 0 Å². The van der Waals surface area contributed by atoms with Crippen molar-refractivity contribution in [2.75, 3.05) is 11.5 Å². The van der Waals surface area contributed by atoms with Gasteiger partial charge in [-0.15, -0.1) is 0 Å². The molecule has 1 aliphatic rings. The van der Waals surface area contributed by atoms with Crippen molar-refractivity contribution in [3.63, 3.8) is 0 Å². The van der Waals surface area contributed by atoms with Gasteiger partial charge in [0.05, 0.1) is 17.6 Å². The number of aliphatic hydroxyl groups excluding tert-OH is 1. The molecule has 0 aromatic heterocycles. The van der Waals surface area contributed by atoms with Gasteiger partial charge in [0.1, 0.15) is 0 Å². The Morgan fingerprint density at radius 2 is 1.43 bits per heavy atom. The summed E-state index contributed by atoms with van der Waals surface area (Å²) in [7, 11) is -7.95. The molecule has 0 spiro atoms. The third-order valence-electron chi connectivity index (χ3n) is 6.28. The van der Waals surface area contributed by atoms with Crippen LogP contribution in [-0.4, -0.2) is 48.7 Å². The zero-order valence-corrected chi connectivity index (χ0v) is 19.1. The summed E-state index contributed by atoms with van der Waals surface area (Å²) in [4.78, 5) is 0. The summed E-state index contributed by atoms with van der Waals surface area (Å²) < 4.78 is 61.9. The minimum Gasteiger partial charge on any atom is -0.392 e. The van der Waals surface area contributed by atoms with Gasteiger partial charge in [0.25, 0.3) is 20.2 Å². The molecular weight excluding hydrogens is 428 g/mol. The Labute approximate surface area is 180 Å². The highest BCUT2D eigenvalue weighted by Gasteiger charge is 2.39. The Morgan fingerprint density at radius 1 is 0.867 bits per heavy atom. The van der Waals surface area contributed by atoms with E-state index in [1.807, 2.05) is 31.2 Å². The van der Waals surface area contributed by atoms with Crippen LogP contribution < -0.4 is 0 Å². The number of benzene rings is 1. The van der Waals surface area contributed by atoms with Crippen LogP contribution in [0, 0.1) is 18.8 Å². The fourth-order valence-electron chi connectivity index (χ4n) is 4.88. The van der Waals surface area contributed by atoms with Gasteiger partial charge >= 0.3 is 0 Å². The molecule has 1 aliphatic carbocycles. The molecule has 0 saturated heterocycles. The second kappa shape index (κ2) is 11.0. The van der Waals surface area contributed by atoms with Gasteiger partial charge in [-0.3, -0.25) is 9.11 Å². The molecule has 0 heterocycles. The summed E-state index contributed by atoms with van der Waals surface area (Å²) in [5, 5.41) is 10.9. The van der Waals surface area contributed by atoms with Crippen LogP contribution in [0.3, 0.4) is 0 Å². The third kappa shape index (κ3) is 8.26. The maximum atomic E-state index is 11.0. The number of aliphatic hydroxyl groups is 1. The molecule has 1 saturated carbocycles. The Morgan fingerprint density at radius 3 is 2.00 bits per heavy atom. The first-order valence-corrected chi connectivity index (χ1v) is 13.8. The van der Waals surface area contributed by atoms with Crippen LogP contribution in [0.2, 0.25) is 0 Å². The summed E-state index contributed by atoms with van der Waals surface area (Å²) in [6, 6.07) is 7.98. The minimum absolute atomic E-state index is 0.0581. The predicted octanol–water partition coefficient (Wildman–Crippen LogP) is 3.58. The number of rotatable bonds is 11. The van der Waals surface area contributed by atoms with Crippen LogP contribution in [0.25, 0.3) is 0 Å². The molecule has 30 heavy (non-hydrogen) atoms. The summed E-state index contributed by atoms with van der Waals surface area (Å²) in [6.45, 7) is 2.02. The molecule has 1 unspecified atom stereocenters. The van der Waals surface area contributed by atoms with Crippen LogP contribution in [0.15, 0.2) is 24.3 Å². The largest absolute Gasteiger partial charge is 0.392 e. The second-order valence-electron chi connectivity index (χ2n) is 8.51. The first-order valence-electron chi connectivity index (χ1n) is 10.6. The lowest BCUT2D eigenvalue weighted by molar-refractivity contribution is 0.0332. The Bertz CT molecular complexity index is 880. The van der Waals surface area contributed by atoms with E-state index in [9.17, 15) is 21.9 Å². The molecule has 0 radical (unpaired) electrons. The van der Waals surface area contributed by atoms with E-state index in [4.69, 9.17) is 9.11 Å². The molecular formula is C21H34O7S2. The SMILES string of the molecule is Cc1ccccc1[C@H]1C(CCCCS(=O)(=O)O)[C@@H](CCCCS(=O)(=O)O)CC[C@@H]1O. The summed E-state index contributed by atoms with van der Waals surface area (Å²) in [6.07, 6.45) is 4.60. The maximum absolute atomic E-state index is 11.0. The first kappa shape index (κ1) is 25.3. The zero-order chi connectivity index (χ0) is 22.4. The predicted molar refractivity (Wildman–Crippen MR) is 117 cm³/mol. The van der Waals surface area contributed by atoms with Crippen molar-refractivity contribution in [1.82, 2.24) is 0 Å². The second-order valence-corrected chi connectivity index (χ2v) is 11.7. The standard InChI is InChI=1S/C21H34O7S2/c1-16-8-2-3-10-18(16)21-19(11-5-7-15-30(26,27)28)17(12-13-20(21)22)9-4-6-14-29(23,24)25/h2-3,8,10,17,19-22H,4-7,9,11-15H2,1H3,(H,23,24,25)(H,26,27,28)/t17-,19?,20-,21-/m0/s1. The molecule has 7 nitrogen and oxygen atoms in total. The fraction of sp³-hybridized carbons (Fsp3) is 0.714. The topological polar surface area (TPSA) is 129 Å². The number of unbranched alkanes of at least 4 members (excludes halogenated alkanes) is 2. The van der Waals surface area contributed by atoms with Crippen molar-refractivity contribution in [2.24, 2.45) is 11.8 Å². The number of aryl methyl sites for hydroxylation is 1. The summed E-state index contributed by atoms with van der Waals surface area (Å²) >= 11 is 0. The lowest BCUT2D eigenvalue weighted by atomic mass is 9.64. The van der Waals surface area contributed by atoms with Gasteiger partial charge in [0.2, 0.25) is 0 Å². The van der Waals surface area contributed by atoms with Crippen LogP contribution in [0.4, 0.5) is 0 Å². The maximum Gasteiger partial charge on any atom is 0.264 e. The Kier molecular flexibility index (Phi) is 9.30. The van der Waals surface area contributed by atoms with Crippen LogP contribution in [0.1, 0.15) is 68.4 Å². The average Bonchev–Trinajstić information content (AvgIpc) is 2.63. The average molecular weight is 463 g/mol. The van der Waals surface area contributed by atoms with Gasteiger partial charge in [-0.25, -0.2) is 0 Å². The van der Waals surface area contributed by atoms with Crippen molar-refractivity contribution in [1.29, 1.82) is 0 Å². The minimum atomic E-state index is -3.99. The van der Waals surface area contributed by atoms with Gasteiger partial charge in [-0.1, -0.05) is 43.5 Å². The fourth-order valence-corrected chi connectivity index (χ4v) is 6.02. The van der Waals surface area contributed by atoms with Crippen LogP contribution in [-0.2, 0) is 20.2 Å². The highest BCUT2D eigenvalue weighted by atomic mass is 32.2. The lowest BCUT2D eigenvalue weighted by Crippen LogP contribution is -2.37. The molecule has 1 aromatic rings. The van der Waals surface area contributed by atoms with Crippen molar-refractivity contribution in [2.45, 2.75) is 70.3 Å². The highest BCUT2D eigenvalue weighted by Crippen LogP contribution is 2.46. The van der Waals surface area contributed by atoms with Crippen LogP contribution in [0.5, 0.6) is 0 Å². The molecule has 0 amide bonds. The molecule has 9 heteroatoms. The highest BCUT2D eigenvalue weighted by molar-refractivity contribution is 7.86. The van der Waals surface area contributed by atoms with E-state index in [-0.39, 0.29) is 29.3 Å². The van der Waals surface area contributed by atoms with Gasteiger partial charge in [-0.2, -0.15) is 16.8 Å². The number of hydrogen-bond donors (Lipinski definition) is 3. The smallest absolute Gasteiger partial charge is 0.264 e. The Balaban J connectivity index is 2.14. The van der Waals surface area contributed by atoms with E-state index in [0.29, 0.717) is 32.1 Å². The molecule has 0 bridgehead atoms. The summed E-state index contributed by atoms with van der Waals surface area (Å²) in [5.74, 6) is -0.150. The first-order chi connectivity index (χ1) is 14.0. The molecule has 4 atom stereocenters. The van der Waals surface area contributed by atoms with E-state index in [1.165, 1.54) is 0 Å². The normalized spacial score (nSPS) is 25.3. The molecule has 2 rings (SSSR count).